The van der Waals surface area contributed by atoms with Crippen molar-refractivity contribution in [3.05, 3.63) is 60.7 Å². The Balaban J connectivity index is 0.000000719. The first-order valence-electron chi connectivity index (χ1n) is 21.5. The largest absolute Gasteiger partial charge is 0.460 e. The van der Waals surface area contributed by atoms with Crippen LogP contribution < -0.4 is 10.4 Å². The van der Waals surface area contributed by atoms with Gasteiger partial charge in [-0.15, -0.1) is 0 Å². The maximum absolute atomic E-state index is 12.2. The molecular formula is C46H78O14Si. The summed E-state index contributed by atoms with van der Waals surface area (Å²) in [5.74, 6) is -0.518. The van der Waals surface area contributed by atoms with E-state index in [1.807, 2.05) is 77.9 Å². The summed E-state index contributed by atoms with van der Waals surface area (Å²) in [6.45, 7) is 22.7. The van der Waals surface area contributed by atoms with Crippen LogP contribution in [0.5, 0.6) is 0 Å². The van der Waals surface area contributed by atoms with E-state index < -0.39 is 19.5 Å². The molecule has 0 aromatic heterocycles. The minimum absolute atomic E-state index is 0.0248. The van der Waals surface area contributed by atoms with E-state index in [2.05, 4.69) is 38.1 Å². The molecule has 14 nitrogen and oxygen atoms in total. The Morgan fingerprint density at radius 3 is 1.07 bits per heavy atom. The van der Waals surface area contributed by atoms with Gasteiger partial charge in [-0.1, -0.05) is 74.5 Å². The molecule has 0 saturated heterocycles. The third-order valence-corrected chi connectivity index (χ3v) is 13.2. The average molecular weight is 883 g/mol. The number of hydrogen-bond donors (Lipinski definition) is 2. The van der Waals surface area contributed by atoms with Crippen LogP contribution in [0.25, 0.3) is 0 Å². The van der Waals surface area contributed by atoms with Gasteiger partial charge in [0.05, 0.1) is 119 Å². The van der Waals surface area contributed by atoms with Crippen LogP contribution in [0.3, 0.4) is 0 Å². The van der Waals surface area contributed by atoms with Crippen molar-refractivity contribution in [1.29, 1.82) is 0 Å². The van der Waals surface area contributed by atoms with Gasteiger partial charge in [-0.3, -0.25) is 9.59 Å². The topological polar surface area (TPSA) is 167 Å². The number of esters is 2. The average Bonchev–Trinajstić information content (AvgIpc) is 3.20. The second-order valence-corrected chi connectivity index (χ2v) is 20.7. The molecule has 2 aromatic carbocycles. The van der Waals surface area contributed by atoms with Gasteiger partial charge in [0.1, 0.15) is 11.2 Å². The van der Waals surface area contributed by atoms with Crippen molar-refractivity contribution in [2.75, 3.05) is 112 Å². The number of aliphatic hydroxyl groups is 1. The van der Waals surface area contributed by atoms with E-state index in [0.717, 1.165) is 23.2 Å². The quantitative estimate of drug-likeness (QED) is 0.0566. The highest BCUT2D eigenvalue weighted by Crippen LogP contribution is 2.39. The van der Waals surface area contributed by atoms with Crippen molar-refractivity contribution >= 4 is 30.6 Å². The molecule has 350 valence electrons. The molecule has 0 atom stereocenters. The smallest absolute Gasteiger partial charge is 0.308 e. The zero-order chi connectivity index (χ0) is 45.3. The summed E-state index contributed by atoms with van der Waals surface area (Å²) >= 11 is 0. The standard InChI is InChI=1S/C31H48O7Si.C15H30O7/c1-30(2,3)38-29(32)17-20-35-22-24-37-26-25-36-23-21-34-19-12-18-31(4,5)39(33,27-13-8-6-9-14-27)28-15-10-7-11-16-28;1-15(2,3)22-14(17)4-6-18-8-10-20-12-13-21-11-9-19-7-5-16/h6-11,13-16,33H,12,17-26H2,1-5H3;16H,4-13H2,1-3H3. The first-order valence-corrected chi connectivity index (χ1v) is 23.5. The molecule has 0 aliphatic heterocycles. The first-order chi connectivity index (χ1) is 29.0. The van der Waals surface area contributed by atoms with Gasteiger partial charge in [-0.25, -0.2) is 0 Å². The minimum Gasteiger partial charge on any atom is -0.460 e. The lowest BCUT2D eigenvalue weighted by Gasteiger charge is -2.41. The van der Waals surface area contributed by atoms with Gasteiger partial charge in [0, 0.05) is 6.61 Å². The Hall–Kier alpha value is -2.80. The van der Waals surface area contributed by atoms with Crippen LogP contribution in [0.15, 0.2) is 60.7 Å². The predicted molar refractivity (Wildman–Crippen MR) is 238 cm³/mol. The van der Waals surface area contributed by atoms with Gasteiger partial charge in [-0.2, -0.15) is 0 Å². The van der Waals surface area contributed by atoms with Gasteiger partial charge < -0.3 is 57.3 Å². The lowest BCUT2D eigenvalue weighted by atomic mass is 10.1. The Bertz CT molecular complexity index is 1330. The molecule has 0 aliphatic rings. The predicted octanol–water partition coefficient (Wildman–Crippen LogP) is 4.87. The third-order valence-electron chi connectivity index (χ3n) is 8.66. The van der Waals surface area contributed by atoms with Crippen LogP contribution in [-0.2, 0) is 57.0 Å². The van der Waals surface area contributed by atoms with E-state index in [0.29, 0.717) is 106 Å². The summed E-state index contributed by atoms with van der Waals surface area (Å²) in [4.78, 5) is 35.2. The lowest BCUT2D eigenvalue weighted by Crippen LogP contribution is -2.65. The molecule has 0 aliphatic carbocycles. The molecule has 61 heavy (non-hydrogen) atoms. The van der Waals surface area contributed by atoms with Gasteiger partial charge in [0.15, 0.2) is 0 Å². The zero-order valence-electron chi connectivity index (χ0n) is 38.4. The van der Waals surface area contributed by atoms with Crippen molar-refractivity contribution < 1.29 is 66.9 Å². The zero-order valence-corrected chi connectivity index (χ0v) is 39.4. The molecule has 15 heteroatoms. The fourth-order valence-electron chi connectivity index (χ4n) is 5.79. The number of rotatable bonds is 33. The molecule has 2 N–H and O–H groups in total. The fraction of sp³-hybridized carbons (Fsp3) is 0.696. The Labute approximate surface area is 366 Å². The van der Waals surface area contributed by atoms with E-state index in [-0.39, 0.29) is 36.4 Å². The number of ether oxygens (including phenoxy) is 10. The van der Waals surface area contributed by atoms with E-state index in [1.54, 1.807) is 0 Å². The van der Waals surface area contributed by atoms with Gasteiger partial charge in [0.25, 0.3) is 8.32 Å². The Morgan fingerprint density at radius 2 is 0.754 bits per heavy atom. The molecular weight excluding hydrogens is 805 g/mol. The maximum Gasteiger partial charge on any atom is 0.308 e. The number of hydrogen-bond acceptors (Lipinski definition) is 14. The van der Waals surface area contributed by atoms with Crippen LogP contribution in [0.4, 0.5) is 0 Å². The molecule has 0 bridgehead atoms. The summed E-state index contributed by atoms with van der Waals surface area (Å²) in [5, 5.41) is 10.3. The molecule has 0 saturated carbocycles. The van der Waals surface area contributed by atoms with Crippen LogP contribution >= 0.6 is 0 Å². The molecule has 0 amide bonds. The summed E-state index contributed by atoms with van der Waals surface area (Å²) < 4.78 is 53.5. The molecule has 0 spiro atoms. The van der Waals surface area contributed by atoms with Gasteiger partial charge in [0.2, 0.25) is 0 Å². The second-order valence-electron chi connectivity index (χ2n) is 16.7. The lowest BCUT2D eigenvalue weighted by molar-refractivity contribution is -0.157. The van der Waals surface area contributed by atoms with Crippen LogP contribution in [0.1, 0.15) is 81.1 Å². The van der Waals surface area contributed by atoms with Crippen molar-refractivity contribution in [1.82, 2.24) is 0 Å². The summed E-state index contributed by atoms with van der Waals surface area (Å²) in [6, 6.07) is 20.2. The van der Waals surface area contributed by atoms with Crippen molar-refractivity contribution in [2.45, 2.75) is 97.3 Å². The molecule has 2 rings (SSSR count). The van der Waals surface area contributed by atoms with Gasteiger partial charge >= 0.3 is 11.9 Å². The van der Waals surface area contributed by atoms with E-state index in [1.165, 1.54) is 0 Å². The summed E-state index contributed by atoms with van der Waals surface area (Å²) in [6.07, 6.45) is 2.20. The van der Waals surface area contributed by atoms with Gasteiger partial charge in [-0.05, 0) is 69.8 Å². The van der Waals surface area contributed by atoms with Crippen molar-refractivity contribution in [2.24, 2.45) is 0 Å². The van der Waals surface area contributed by atoms with Crippen LogP contribution in [-0.4, -0.2) is 154 Å². The Kier molecular flexibility index (Phi) is 30.2. The number of carbonyl (C=O) groups is 2. The van der Waals surface area contributed by atoms with Crippen LogP contribution in [0, 0.1) is 0 Å². The second kappa shape index (κ2) is 32.8. The number of benzene rings is 2. The third kappa shape index (κ3) is 28.5. The highest BCUT2D eigenvalue weighted by atomic mass is 28.4. The molecule has 0 heterocycles. The summed E-state index contributed by atoms with van der Waals surface area (Å²) in [7, 11) is -2.97. The SMILES string of the molecule is CC(C)(C)OC(=O)CCOCCOCCOCCOCCCC(C)(C)[Si](O)(c1ccccc1)c1ccccc1.CC(C)(C)OC(=O)CCOCCOCCOCCOCCO. The number of aliphatic hydroxyl groups excluding tert-OH is 1. The van der Waals surface area contributed by atoms with Crippen LogP contribution in [0.2, 0.25) is 5.04 Å². The minimum atomic E-state index is -2.97. The molecule has 2 aromatic rings. The van der Waals surface area contributed by atoms with E-state index in [4.69, 9.17) is 52.5 Å². The first kappa shape index (κ1) is 56.2. The number of carbonyl (C=O) groups excluding carboxylic acids is 2. The fourth-order valence-corrected chi connectivity index (χ4v) is 9.57. The monoisotopic (exact) mass is 883 g/mol. The molecule has 0 unspecified atom stereocenters. The van der Waals surface area contributed by atoms with Crippen molar-refractivity contribution in [3.63, 3.8) is 0 Å². The molecule has 0 radical (unpaired) electrons. The molecule has 0 fully saturated rings. The Morgan fingerprint density at radius 1 is 0.459 bits per heavy atom. The van der Waals surface area contributed by atoms with E-state index in [9.17, 15) is 14.4 Å². The van der Waals surface area contributed by atoms with E-state index >= 15 is 0 Å². The highest BCUT2D eigenvalue weighted by molar-refractivity contribution is 6.98. The van der Waals surface area contributed by atoms with Crippen molar-refractivity contribution in [3.8, 4) is 0 Å². The summed E-state index contributed by atoms with van der Waals surface area (Å²) in [5.41, 5.74) is -0.926. The normalized spacial score (nSPS) is 12.2. The highest BCUT2D eigenvalue weighted by Gasteiger charge is 2.49. The maximum atomic E-state index is 12.2.